The van der Waals surface area contributed by atoms with Crippen LogP contribution in [0.3, 0.4) is 0 Å². The molecule has 0 saturated carbocycles. The highest BCUT2D eigenvalue weighted by molar-refractivity contribution is 5.84. The van der Waals surface area contributed by atoms with E-state index in [9.17, 15) is 14.4 Å². The molecule has 4 rings (SSSR count). The van der Waals surface area contributed by atoms with Crippen LogP contribution >= 0.6 is 0 Å². The fraction of sp³-hybridized carbons (Fsp3) is 0.423. The van der Waals surface area contributed by atoms with Gasteiger partial charge in [0.25, 0.3) is 0 Å². The van der Waals surface area contributed by atoms with Gasteiger partial charge in [0.2, 0.25) is 5.91 Å². The van der Waals surface area contributed by atoms with Crippen molar-refractivity contribution in [3.63, 3.8) is 0 Å². The summed E-state index contributed by atoms with van der Waals surface area (Å²) in [5.74, 6) is -2.04. The Balaban J connectivity index is 1.37. The largest absolute Gasteiger partial charge is 0.481 e. The predicted octanol–water partition coefficient (Wildman–Crippen LogP) is 3.73. The maximum atomic E-state index is 12.9. The first kappa shape index (κ1) is 22.8. The minimum atomic E-state index is -0.884. The Morgan fingerprint density at radius 3 is 2.06 bits per heavy atom. The van der Waals surface area contributed by atoms with Crippen LogP contribution in [0.5, 0.6) is 0 Å². The summed E-state index contributed by atoms with van der Waals surface area (Å²) in [6, 6.07) is 15.8. The summed E-state index contributed by atoms with van der Waals surface area (Å²) < 4.78 is 5.62. The van der Waals surface area contributed by atoms with Gasteiger partial charge in [-0.25, -0.2) is 4.79 Å². The van der Waals surface area contributed by atoms with E-state index in [1.54, 1.807) is 11.8 Å². The van der Waals surface area contributed by atoms with Crippen molar-refractivity contribution in [3.8, 4) is 11.1 Å². The Morgan fingerprint density at radius 2 is 1.55 bits per heavy atom. The van der Waals surface area contributed by atoms with E-state index in [4.69, 9.17) is 9.84 Å². The quantitative estimate of drug-likeness (QED) is 0.670. The number of carboxylic acid groups (broad SMARTS) is 1. The number of fused-ring (bicyclic) bond motifs is 3. The van der Waals surface area contributed by atoms with Crippen molar-refractivity contribution in [2.75, 3.05) is 19.7 Å². The van der Waals surface area contributed by atoms with Crippen molar-refractivity contribution in [1.29, 1.82) is 0 Å². The molecule has 2 atom stereocenters. The molecule has 33 heavy (non-hydrogen) atoms. The molecule has 1 fully saturated rings. The summed E-state index contributed by atoms with van der Waals surface area (Å²) in [5, 5.41) is 11.9. The molecule has 2 amide bonds. The van der Waals surface area contributed by atoms with Crippen molar-refractivity contribution in [2.24, 2.45) is 17.8 Å². The third kappa shape index (κ3) is 4.45. The molecule has 174 valence electrons. The van der Waals surface area contributed by atoms with Crippen molar-refractivity contribution >= 4 is 18.0 Å². The Kier molecular flexibility index (Phi) is 6.40. The molecule has 0 aromatic heterocycles. The summed E-state index contributed by atoms with van der Waals surface area (Å²) in [7, 11) is 0. The molecule has 1 aliphatic carbocycles. The molecule has 1 aliphatic heterocycles. The van der Waals surface area contributed by atoms with Gasteiger partial charge in [-0.2, -0.15) is 0 Å². The number of benzene rings is 2. The summed E-state index contributed by atoms with van der Waals surface area (Å²) in [4.78, 5) is 38.2. The first-order valence-electron chi connectivity index (χ1n) is 11.4. The molecular formula is C26H30N2O5. The minimum absolute atomic E-state index is 0.0229. The Hall–Kier alpha value is -3.35. The first-order valence-corrected chi connectivity index (χ1v) is 11.4. The van der Waals surface area contributed by atoms with E-state index in [-0.39, 0.29) is 37.4 Å². The van der Waals surface area contributed by atoms with E-state index >= 15 is 0 Å². The molecule has 1 heterocycles. The van der Waals surface area contributed by atoms with Gasteiger partial charge in [0.15, 0.2) is 0 Å². The second-order valence-electron chi connectivity index (χ2n) is 9.31. The molecule has 7 heteroatoms. The number of carboxylic acids is 1. The zero-order valence-electron chi connectivity index (χ0n) is 19.2. The topological polar surface area (TPSA) is 95.9 Å². The predicted molar refractivity (Wildman–Crippen MR) is 124 cm³/mol. The molecule has 2 aliphatic rings. The van der Waals surface area contributed by atoms with Gasteiger partial charge in [0.1, 0.15) is 6.61 Å². The molecule has 0 bridgehead atoms. The summed E-state index contributed by atoms with van der Waals surface area (Å²) in [6.45, 7) is 6.28. The van der Waals surface area contributed by atoms with Crippen LogP contribution in [0.4, 0.5) is 4.79 Å². The van der Waals surface area contributed by atoms with E-state index in [0.29, 0.717) is 0 Å². The second kappa shape index (κ2) is 9.25. The number of nitrogens with one attached hydrogen (secondary N) is 1. The van der Waals surface area contributed by atoms with Crippen LogP contribution in [0.15, 0.2) is 48.5 Å². The molecule has 2 N–H and O–H groups in total. The van der Waals surface area contributed by atoms with E-state index in [2.05, 4.69) is 29.6 Å². The van der Waals surface area contributed by atoms with Crippen LogP contribution in [-0.4, -0.2) is 53.7 Å². The second-order valence-corrected chi connectivity index (χ2v) is 9.31. The van der Waals surface area contributed by atoms with Gasteiger partial charge in [0.05, 0.1) is 11.8 Å². The Labute approximate surface area is 193 Å². The number of carbonyl (C=O) groups excluding carboxylic acids is 2. The SMILES string of the molecule is CC(C)C(C(=O)N1CC(C(=O)O)C1)C(C)NC(=O)OCC1c2ccccc2-c2ccccc21. The van der Waals surface area contributed by atoms with Gasteiger partial charge in [0, 0.05) is 25.0 Å². The highest BCUT2D eigenvalue weighted by Crippen LogP contribution is 2.44. The smallest absolute Gasteiger partial charge is 0.407 e. The standard InChI is InChI=1S/C26H30N2O5/c1-15(2)23(24(29)28-12-17(13-28)25(30)31)16(3)27-26(32)33-14-22-20-10-6-4-8-18(20)19-9-5-7-11-21(19)22/h4-11,15-17,22-23H,12-14H2,1-3H3,(H,27,32)(H,30,31). The normalized spacial score (nSPS) is 17.0. The monoisotopic (exact) mass is 450 g/mol. The number of aliphatic carboxylic acids is 1. The minimum Gasteiger partial charge on any atom is -0.481 e. The number of carbonyl (C=O) groups is 3. The van der Waals surface area contributed by atoms with Gasteiger partial charge in [-0.15, -0.1) is 0 Å². The van der Waals surface area contributed by atoms with Crippen LogP contribution in [0, 0.1) is 17.8 Å². The third-order valence-corrected chi connectivity index (χ3v) is 6.77. The highest BCUT2D eigenvalue weighted by atomic mass is 16.5. The van der Waals surface area contributed by atoms with Gasteiger partial charge < -0.3 is 20.1 Å². The van der Waals surface area contributed by atoms with Crippen LogP contribution in [-0.2, 0) is 14.3 Å². The number of nitrogens with zero attached hydrogens (tertiary/aromatic N) is 1. The van der Waals surface area contributed by atoms with Gasteiger partial charge in [-0.05, 0) is 35.1 Å². The fourth-order valence-electron chi connectivity index (χ4n) is 5.02. The lowest BCUT2D eigenvalue weighted by Crippen LogP contribution is -2.58. The molecule has 2 unspecified atom stereocenters. The Morgan fingerprint density at radius 1 is 1.00 bits per heavy atom. The van der Waals surface area contributed by atoms with E-state index < -0.39 is 29.9 Å². The summed E-state index contributed by atoms with van der Waals surface area (Å²) in [6.07, 6.45) is -0.560. The van der Waals surface area contributed by atoms with Crippen LogP contribution < -0.4 is 5.32 Å². The first-order chi connectivity index (χ1) is 15.8. The van der Waals surface area contributed by atoms with Crippen molar-refractivity contribution < 1.29 is 24.2 Å². The van der Waals surface area contributed by atoms with E-state index in [0.717, 1.165) is 22.3 Å². The maximum Gasteiger partial charge on any atom is 0.407 e. The number of ether oxygens (including phenoxy) is 1. The average molecular weight is 451 g/mol. The molecule has 1 saturated heterocycles. The van der Waals surface area contributed by atoms with E-state index in [1.807, 2.05) is 38.1 Å². The van der Waals surface area contributed by atoms with Crippen LogP contribution in [0.1, 0.15) is 37.8 Å². The van der Waals surface area contributed by atoms with E-state index in [1.165, 1.54) is 0 Å². The number of hydrogen-bond acceptors (Lipinski definition) is 4. The summed E-state index contributed by atoms with van der Waals surface area (Å²) in [5.41, 5.74) is 4.60. The van der Waals surface area contributed by atoms with Crippen LogP contribution in [0.2, 0.25) is 0 Å². The zero-order chi connectivity index (χ0) is 23.7. The number of likely N-dealkylation sites (tertiary alicyclic amines) is 1. The summed E-state index contributed by atoms with van der Waals surface area (Å²) >= 11 is 0. The van der Waals surface area contributed by atoms with Crippen molar-refractivity contribution in [2.45, 2.75) is 32.7 Å². The molecule has 7 nitrogen and oxygen atoms in total. The molecular weight excluding hydrogens is 420 g/mol. The zero-order valence-corrected chi connectivity index (χ0v) is 19.2. The molecule has 2 aromatic carbocycles. The molecule has 0 radical (unpaired) electrons. The number of alkyl carbamates (subject to hydrolysis) is 1. The van der Waals surface area contributed by atoms with Gasteiger partial charge >= 0.3 is 12.1 Å². The number of amides is 2. The van der Waals surface area contributed by atoms with Crippen molar-refractivity contribution in [3.05, 3.63) is 59.7 Å². The lowest BCUT2D eigenvalue weighted by Gasteiger charge is -2.41. The number of hydrogen-bond donors (Lipinski definition) is 2. The Bertz CT molecular complexity index is 1010. The average Bonchev–Trinajstić information content (AvgIpc) is 3.04. The highest BCUT2D eigenvalue weighted by Gasteiger charge is 2.41. The van der Waals surface area contributed by atoms with Gasteiger partial charge in [-0.3, -0.25) is 9.59 Å². The molecule has 0 spiro atoms. The van der Waals surface area contributed by atoms with Crippen LogP contribution in [0.25, 0.3) is 11.1 Å². The third-order valence-electron chi connectivity index (χ3n) is 6.77. The lowest BCUT2D eigenvalue weighted by atomic mass is 9.86. The fourth-order valence-corrected chi connectivity index (χ4v) is 5.02. The van der Waals surface area contributed by atoms with Crippen molar-refractivity contribution in [1.82, 2.24) is 10.2 Å². The number of rotatable bonds is 7. The van der Waals surface area contributed by atoms with Gasteiger partial charge in [-0.1, -0.05) is 62.4 Å². The molecule has 2 aromatic rings. The lowest BCUT2D eigenvalue weighted by molar-refractivity contribution is -0.155. The maximum absolute atomic E-state index is 12.9.